The van der Waals surface area contributed by atoms with Crippen molar-refractivity contribution in [1.82, 2.24) is 4.90 Å². The zero-order valence-electron chi connectivity index (χ0n) is 11.3. The summed E-state index contributed by atoms with van der Waals surface area (Å²) in [4.78, 5) is 14.5. The largest absolute Gasteiger partial charge is 0.434 e. The maximum Gasteiger partial charge on any atom is 0.387 e. The molecule has 3 nitrogen and oxygen atoms in total. The van der Waals surface area contributed by atoms with Gasteiger partial charge in [0, 0.05) is 17.5 Å². The van der Waals surface area contributed by atoms with E-state index in [0.29, 0.717) is 0 Å². The van der Waals surface area contributed by atoms with Crippen LogP contribution >= 0.6 is 11.6 Å². The van der Waals surface area contributed by atoms with Gasteiger partial charge in [0.2, 0.25) is 0 Å². The first-order valence-electron chi connectivity index (χ1n) is 7.07. The Balaban J connectivity index is 1.86. The highest BCUT2D eigenvalue weighted by atomic mass is 35.5. The number of hydrogen-bond donors (Lipinski definition) is 0. The van der Waals surface area contributed by atoms with E-state index in [0.717, 1.165) is 25.7 Å². The molecule has 2 unspecified atom stereocenters. The number of ether oxygens (including phenoxy) is 1. The molecule has 21 heavy (non-hydrogen) atoms. The maximum atomic E-state index is 12.7. The first-order chi connectivity index (χ1) is 10.1. The molecule has 6 heteroatoms. The molecular formula is C15H16ClF2NO2. The van der Waals surface area contributed by atoms with Crippen LogP contribution in [0, 0.1) is 0 Å². The summed E-state index contributed by atoms with van der Waals surface area (Å²) in [6.07, 6.45) is 3.39. The summed E-state index contributed by atoms with van der Waals surface area (Å²) in [6.45, 7) is -2.94. The minimum absolute atomic E-state index is 0.0649. The van der Waals surface area contributed by atoms with Crippen molar-refractivity contribution in [2.24, 2.45) is 0 Å². The quantitative estimate of drug-likeness (QED) is 0.797. The van der Waals surface area contributed by atoms with E-state index in [4.69, 9.17) is 11.6 Å². The molecule has 1 aromatic carbocycles. The molecule has 0 radical (unpaired) electrons. The number of rotatable bonds is 3. The Morgan fingerprint density at radius 2 is 1.86 bits per heavy atom. The van der Waals surface area contributed by atoms with Gasteiger partial charge < -0.3 is 9.64 Å². The summed E-state index contributed by atoms with van der Waals surface area (Å²) in [5.41, 5.74) is 0.197. The molecule has 0 saturated carbocycles. The molecule has 0 aromatic heterocycles. The molecule has 2 fully saturated rings. The zero-order valence-corrected chi connectivity index (χ0v) is 12.1. The standard InChI is InChI=1S/C15H16ClF2NO2/c16-9-7-10-5-6-11(8-9)19(10)14(20)12-3-1-2-4-13(12)21-15(17)18/h1-4,9-11,15H,5-8H2. The predicted molar refractivity (Wildman–Crippen MR) is 74.9 cm³/mol. The van der Waals surface area contributed by atoms with Gasteiger partial charge in [-0.05, 0) is 37.8 Å². The molecular weight excluding hydrogens is 300 g/mol. The number of carbonyl (C=O) groups excluding carboxylic acids is 1. The van der Waals surface area contributed by atoms with E-state index in [1.54, 1.807) is 12.1 Å². The zero-order chi connectivity index (χ0) is 15.0. The predicted octanol–water partition coefficient (Wildman–Crippen LogP) is 3.66. The lowest BCUT2D eigenvalue weighted by Crippen LogP contribution is -2.47. The fourth-order valence-corrected chi connectivity index (χ4v) is 3.83. The smallest absolute Gasteiger partial charge is 0.387 e. The molecule has 1 aromatic rings. The topological polar surface area (TPSA) is 29.5 Å². The average molecular weight is 316 g/mol. The number of halogens is 3. The van der Waals surface area contributed by atoms with Gasteiger partial charge in [0.15, 0.2) is 0 Å². The lowest BCUT2D eigenvalue weighted by atomic mass is 10.0. The van der Waals surface area contributed by atoms with Crippen LogP contribution in [0.25, 0.3) is 0 Å². The van der Waals surface area contributed by atoms with Crippen LogP contribution in [0.1, 0.15) is 36.0 Å². The Hall–Kier alpha value is -1.36. The highest BCUT2D eigenvalue weighted by Crippen LogP contribution is 2.39. The summed E-state index contributed by atoms with van der Waals surface area (Å²) in [5.74, 6) is -0.299. The lowest BCUT2D eigenvalue weighted by molar-refractivity contribution is -0.0503. The monoisotopic (exact) mass is 315 g/mol. The first-order valence-corrected chi connectivity index (χ1v) is 7.50. The van der Waals surface area contributed by atoms with E-state index in [9.17, 15) is 13.6 Å². The van der Waals surface area contributed by atoms with Crippen LogP contribution in [0.3, 0.4) is 0 Å². The SMILES string of the molecule is O=C(c1ccccc1OC(F)F)N1C2CCC1CC(Cl)C2. The van der Waals surface area contributed by atoms with E-state index in [2.05, 4.69) is 4.74 Å². The molecule has 0 spiro atoms. The Morgan fingerprint density at radius 1 is 1.24 bits per heavy atom. The van der Waals surface area contributed by atoms with Gasteiger partial charge in [0.05, 0.1) is 5.56 Å². The molecule has 2 aliphatic rings. The van der Waals surface area contributed by atoms with Crippen LogP contribution in [-0.4, -0.2) is 34.9 Å². The van der Waals surface area contributed by atoms with Gasteiger partial charge in [-0.1, -0.05) is 12.1 Å². The normalized spacial score (nSPS) is 28.0. The molecule has 3 rings (SSSR count). The van der Waals surface area contributed by atoms with E-state index in [1.807, 2.05) is 4.90 Å². The molecule has 2 saturated heterocycles. The Kier molecular flexibility index (Phi) is 4.02. The minimum Gasteiger partial charge on any atom is -0.434 e. The van der Waals surface area contributed by atoms with Crippen LogP contribution in [0.15, 0.2) is 24.3 Å². The molecule has 0 N–H and O–H groups in total. The van der Waals surface area contributed by atoms with Crippen molar-refractivity contribution in [3.05, 3.63) is 29.8 Å². The van der Waals surface area contributed by atoms with Crippen molar-refractivity contribution in [3.63, 3.8) is 0 Å². The summed E-state index contributed by atoms with van der Waals surface area (Å²) < 4.78 is 29.4. The lowest BCUT2D eigenvalue weighted by Gasteiger charge is -2.37. The third kappa shape index (κ3) is 2.84. The van der Waals surface area contributed by atoms with Gasteiger partial charge in [-0.3, -0.25) is 4.79 Å². The van der Waals surface area contributed by atoms with Crippen molar-refractivity contribution >= 4 is 17.5 Å². The van der Waals surface area contributed by atoms with Gasteiger partial charge in [0.1, 0.15) is 5.75 Å². The molecule has 0 aliphatic carbocycles. The number of para-hydroxylation sites is 1. The van der Waals surface area contributed by atoms with Gasteiger partial charge in [-0.15, -0.1) is 11.6 Å². The minimum atomic E-state index is -2.94. The number of piperidine rings is 1. The van der Waals surface area contributed by atoms with Gasteiger partial charge in [-0.25, -0.2) is 0 Å². The van der Waals surface area contributed by atoms with Crippen LogP contribution in [0.5, 0.6) is 5.75 Å². The van der Waals surface area contributed by atoms with Crippen LogP contribution in [0.2, 0.25) is 0 Å². The van der Waals surface area contributed by atoms with Crippen molar-refractivity contribution in [2.45, 2.75) is 49.8 Å². The van der Waals surface area contributed by atoms with E-state index >= 15 is 0 Å². The maximum absolute atomic E-state index is 12.7. The summed E-state index contributed by atoms with van der Waals surface area (Å²) in [5, 5.41) is 0.0964. The third-order valence-electron chi connectivity index (χ3n) is 4.24. The fourth-order valence-electron chi connectivity index (χ4n) is 3.42. The van der Waals surface area contributed by atoms with E-state index < -0.39 is 6.61 Å². The Bertz CT molecular complexity index is 526. The van der Waals surface area contributed by atoms with Crippen molar-refractivity contribution in [2.75, 3.05) is 0 Å². The Morgan fingerprint density at radius 3 is 2.48 bits per heavy atom. The van der Waals surface area contributed by atoms with Crippen molar-refractivity contribution < 1.29 is 18.3 Å². The molecule has 2 aliphatic heterocycles. The second-order valence-electron chi connectivity index (χ2n) is 5.54. The molecule has 1 amide bonds. The number of fused-ring (bicyclic) bond motifs is 2. The van der Waals surface area contributed by atoms with Crippen LogP contribution in [-0.2, 0) is 0 Å². The van der Waals surface area contributed by atoms with E-state index in [-0.39, 0.29) is 34.7 Å². The fraction of sp³-hybridized carbons (Fsp3) is 0.533. The first kappa shape index (κ1) is 14.6. The van der Waals surface area contributed by atoms with Gasteiger partial charge in [-0.2, -0.15) is 8.78 Å². The van der Waals surface area contributed by atoms with Crippen LogP contribution < -0.4 is 4.74 Å². The number of benzene rings is 1. The second kappa shape index (κ2) is 5.79. The van der Waals surface area contributed by atoms with E-state index in [1.165, 1.54) is 12.1 Å². The summed E-state index contributed by atoms with van der Waals surface area (Å²) >= 11 is 6.20. The molecule has 2 atom stereocenters. The summed E-state index contributed by atoms with van der Waals surface area (Å²) in [6, 6.07) is 6.38. The molecule has 2 bridgehead atoms. The highest BCUT2D eigenvalue weighted by molar-refractivity contribution is 6.20. The number of hydrogen-bond acceptors (Lipinski definition) is 2. The highest BCUT2D eigenvalue weighted by Gasteiger charge is 2.43. The van der Waals surface area contributed by atoms with Gasteiger partial charge >= 0.3 is 6.61 Å². The number of alkyl halides is 3. The second-order valence-corrected chi connectivity index (χ2v) is 6.16. The number of amides is 1. The number of nitrogens with zero attached hydrogens (tertiary/aromatic N) is 1. The third-order valence-corrected chi connectivity index (χ3v) is 4.60. The van der Waals surface area contributed by atoms with Crippen molar-refractivity contribution in [3.8, 4) is 5.75 Å². The number of carbonyl (C=O) groups is 1. The van der Waals surface area contributed by atoms with Crippen LogP contribution in [0.4, 0.5) is 8.78 Å². The van der Waals surface area contributed by atoms with Gasteiger partial charge in [0.25, 0.3) is 5.91 Å². The molecule has 114 valence electrons. The Labute approximate surface area is 126 Å². The molecule has 2 heterocycles. The van der Waals surface area contributed by atoms with Crippen molar-refractivity contribution in [1.29, 1.82) is 0 Å². The summed E-state index contributed by atoms with van der Waals surface area (Å²) in [7, 11) is 0. The average Bonchev–Trinajstić information content (AvgIpc) is 2.70.